The van der Waals surface area contributed by atoms with E-state index >= 15 is 0 Å². The standard InChI is InChI=1S/C20H35ClSi/c1-3-5-7-9-10-15-19-22(21,18-14-8-6-4-2)20-16-12-11-13-17-20/h11-13,16-17H,3-10,14-15,18-19H2,1-2H3. The highest BCUT2D eigenvalue weighted by molar-refractivity contribution is 7.27. The van der Waals surface area contributed by atoms with E-state index < -0.39 is 7.38 Å². The van der Waals surface area contributed by atoms with Crippen molar-refractivity contribution in [2.75, 3.05) is 0 Å². The molecule has 0 N–H and O–H groups in total. The topological polar surface area (TPSA) is 0 Å². The summed E-state index contributed by atoms with van der Waals surface area (Å²) in [5.74, 6) is 0. The lowest BCUT2D eigenvalue weighted by Crippen LogP contribution is -2.41. The Balaban J connectivity index is 2.47. The van der Waals surface area contributed by atoms with Gasteiger partial charge in [0.2, 0.25) is 0 Å². The molecule has 0 nitrogen and oxygen atoms in total. The Morgan fingerprint density at radius 3 is 1.68 bits per heavy atom. The molecule has 0 aromatic heterocycles. The first-order valence-corrected chi connectivity index (χ1v) is 12.9. The molecule has 1 aromatic carbocycles. The van der Waals surface area contributed by atoms with E-state index in [1.54, 1.807) is 0 Å². The lowest BCUT2D eigenvalue weighted by atomic mass is 10.1. The Morgan fingerprint density at radius 1 is 0.682 bits per heavy atom. The van der Waals surface area contributed by atoms with E-state index in [0.29, 0.717) is 0 Å². The van der Waals surface area contributed by atoms with Gasteiger partial charge < -0.3 is 0 Å². The molecule has 1 rings (SSSR count). The van der Waals surface area contributed by atoms with E-state index in [4.69, 9.17) is 11.1 Å². The molecular weight excluding hydrogens is 304 g/mol. The monoisotopic (exact) mass is 338 g/mol. The summed E-state index contributed by atoms with van der Waals surface area (Å²) in [4.78, 5) is 0. The molecule has 0 aliphatic rings. The van der Waals surface area contributed by atoms with Crippen LogP contribution in [0.15, 0.2) is 30.3 Å². The van der Waals surface area contributed by atoms with Gasteiger partial charge >= 0.3 is 0 Å². The number of hydrogen-bond acceptors (Lipinski definition) is 0. The molecule has 0 radical (unpaired) electrons. The van der Waals surface area contributed by atoms with Crippen molar-refractivity contribution in [1.82, 2.24) is 0 Å². The van der Waals surface area contributed by atoms with E-state index in [1.165, 1.54) is 81.5 Å². The van der Waals surface area contributed by atoms with Gasteiger partial charge in [-0.05, 0) is 17.3 Å². The third-order valence-corrected chi connectivity index (χ3v) is 10.1. The van der Waals surface area contributed by atoms with Crippen LogP contribution in [0.3, 0.4) is 0 Å². The minimum Gasteiger partial charge on any atom is -0.161 e. The summed E-state index contributed by atoms with van der Waals surface area (Å²) in [6.07, 6.45) is 13.5. The second kappa shape index (κ2) is 12.2. The molecule has 1 atom stereocenters. The van der Waals surface area contributed by atoms with Crippen LogP contribution in [-0.4, -0.2) is 7.38 Å². The largest absolute Gasteiger partial charge is 0.186 e. The van der Waals surface area contributed by atoms with E-state index in [9.17, 15) is 0 Å². The molecule has 0 heterocycles. The van der Waals surface area contributed by atoms with Gasteiger partial charge in [0.1, 0.15) is 0 Å². The molecule has 1 unspecified atom stereocenters. The van der Waals surface area contributed by atoms with Crippen molar-refractivity contribution in [3.8, 4) is 0 Å². The van der Waals surface area contributed by atoms with Crippen molar-refractivity contribution in [3.05, 3.63) is 30.3 Å². The van der Waals surface area contributed by atoms with Crippen molar-refractivity contribution < 1.29 is 0 Å². The molecule has 22 heavy (non-hydrogen) atoms. The average molecular weight is 339 g/mol. The molecule has 126 valence electrons. The molecule has 0 saturated carbocycles. The van der Waals surface area contributed by atoms with Crippen LogP contribution < -0.4 is 5.19 Å². The zero-order chi connectivity index (χ0) is 16.1. The Bertz CT molecular complexity index is 365. The first-order chi connectivity index (χ1) is 10.7. The highest BCUT2D eigenvalue weighted by atomic mass is 35.6. The Kier molecular flexibility index (Phi) is 11.0. The smallest absolute Gasteiger partial charge is 0.161 e. The highest BCUT2D eigenvalue weighted by Gasteiger charge is 2.31. The fourth-order valence-corrected chi connectivity index (χ4v) is 7.59. The highest BCUT2D eigenvalue weighted by Crippen LogP contribution is 2.27. The quantitative estimate of drug-likeness (QED) is 0.206. The van der Waals surface area contributed by atoms with Gasteiger partial charge in [-0.15, -0.1) is 0 Å². The molecule has 0 saturated heterocycles. The molecule has 0 aliphatic carbocycles. The molecule has 1 aromatic rings. The summed E-state index contributed by atoms with van der Waals surface area (Å²) in [7, 11) is -1.77. The summed E-state index contributed by atoms with van der Waals surface area (Å²) in [5.41, 5.74) is 0. The van der Waals surface area contributed by atoms with E-state index in [1.807, 2.05) is 0 Å². The van der Waals surface area contributed by atoms with Crippen LogP contribution in [0.4, 0.5) is 0 Å². The van der Waals surface area contributed by atoms with Crippen LogP contribution in [0.2, 0.25) is 12.1 Å². The van der Waals surface area contributed by atoms with Gasteiger partial charge in [-0.2, -0.15) is 11.1 Å². The summed E-state index contributed by atoms with van der Waals surface area (Å²) in [5, 5.41) is 1.46. The van der Waals surface area contributed by atoms with Crippen LogP contribution in [0.1, 0.15) is 78.1 Å². The average Bonchev–Trinajstić information content (AvgIpc) is 2.56. The molecular formula is C20H35ClSi. The van der Waals surface area contributed by atoms with E-state index in [0.717, 1.165) is 0 Å². The van der Waals surface area contributed by atoms with E-state index in [-0.39, 0.29) is 0 Å². The third-order valence-electron chi connectivity index (χ3n) is 4.64. The zero-order valence-corrected chi connectivity index (χ0v) is 16.5. The predicted molar refractivity (Wildman–Crippen MR) is 105 cm³/mol. The first-order valence-electron chi connectivity index (χ1n) is 9.47. The van der Waals surface area contributed by atoms with Crippen molar-refractivity contribution >= 4 is 23.6 Å². The number of hydrogen-bond donors (Lipinski definition) is 0. The summed E-state index contributed by atoms with van der Waals surface area (Å²) < 4.78 is 0. The number of unbranched alkanes of at least 4 members (excludes halogenated alkanes) is 8. The number of halogens is 1. The molecule has 0 fully saturated rings. The second-order valence-corrected chi connectivity index (χ2v) is 12.3. The molecule has 0 amide bonds. The predicted octanol–water partition coefficient (Wildman–Crippen LogP) is 7.02. The van der Waals surface area contributed by atoms with Gasteiger partial charge in [-0.25, -0.2) is 0 Å². The van der Waals surface area contributed by atoms with E-state index in [2.05, 4.69) is 44.2 Å². The van der Waals surface area contributed by atoms with Crippen LogP contribution in [-0.2, 0) is 0 Å². The van der Waals surface area contributed by atoms with Crippen molar-refractivity contribution in [3.63, 3.8) is 0 Å². The Hall–Kier alpha value is -0.273. The minimum absolute atomic E-state index is 1.26. The maximum absolute atomic E-state index is 7.22. The maximum Gasteiger partial charge on any atom is 0.186 e. The molecule has 0 aliphatic heterocycles. The normalized spacial score (nSPS) is 14.0. The molecule has 0 bridgehead atoms. The first kappa shape index (κ1) is 19.8. The summed E-state index contributed by atoms with van der Waals surface area (Å²) >= 11 is 7.22. The molecule has 0 spiro atoms. The van der Waals surface area contributed by atoms with Crippen molar-refractivity contribution in [2.45, 2.75) is 90.1 Å². The second-order valence-electron chi connectivity index (χ2n) is 6.66. The maximum atomic E-state index is 7.22. The Labute approximate surface area is 144 Å². The Morgan fingerprint density at radius 2 is 1.14 bits per heavy atom. The van der Waals surface area contributed by atoms with Crippen LogP contribution in [0.25, 0.3) is 0 Å². The lowest BCUT2D eigenvalue weighted by molar-refractivity contribution is 0.622. The van der Waals surface area contributed by atoms with Crippen molar-refractivity contribution in [1.29, 1.82) is 0 Å². The van der Waals surface area contributed by atoms with Gasteiger partial charge in [0.25, 0.3) is 0 Å². The van der Waals surface area contributed by atoms with Crippen LogP contribution in [0, 0.1) is 0 Å². The lowest BCUT2D eigenvalue weighted by Gasteiger charge is -2.25. The van der Waals surface area contributed by atoms with Gasteiger partial charge in [0.05, 0.1) is 0 Å². The zero-order valence-electron chi connectivity index (χ0n) is 14.7. The minimum atomic E-state index is -1.77. The SMILES string of the molecule is CCCCCCCC[Si](Cl)(CCCCCC)c1ccccc1. The van der Waals surface area contributed by atoms with Crippen molar-refractivity contribution in [2.24, 2.45) is 0 Å². The summed E-state index contributed by atoms with van der Waals surface area (Å²) in [6.45, 7) is 4.56. The fraction of sp³-hybridized carbons (Fsp3) is 0.700. The van der Waals surface area contributed by atoms with Gasteiger partial charge in [0.15, 0.2) is 7.38 Å². The third kappa shape index (κ3) is 7.83. The fourth-order valence-electron chi connectivity index (χ4n) is 3.17. The van der Waals surface area contributed by atoms with Gasteiger partial charge in [-0.3, -0.25) is 0 Å². The molecule has 2 heteroatoms. The van der Waals surface area contributed by atoms with Crippen LogP contribution in [0.5, 0.6) is 0 Å². The van der Waals surface area contributed by atoms with Crippen LogP contribution >= 0.6 is 11.1 Å². The number of rotatable bonds is 13. The number of benzene rings is 1. The van der Waals surface area contributed by atoms with Gasteiger partial charge in [0, 0.05) is 0 Å². The summed E-state index contributed by atoms with van der Waals surface area (Å²) in [6, 6.07) is 13.5. The van der Waals surface area contributed by atoms with Gasteiger partial charge in [-0.1, -0.05) is 108 Å².